The maximum atomic E-state index is 11.1. The summed E-state index contributed by atoms with van der Waals surface area (Å²) in [6.45, 7) is 2.99. The maximum absolute atomic E-state index is 11.1. The summed E-state index contributed by atoms with van der Waals surface area (Å²) in [6.07, 6.45) is -1.34. The van der Waals surface area contributed by atoms with E-state index >= 15 is 0 Å². The van der Waals surface area contributed by atoms with E-state index in [9.17, 15) is 14.4 Å². The van der Waals surface area contributed by atoms with Crippen molar-refractivity contribution < 1.29 is 33.3 Å². The van der Waals surface area contributed by atoms with E-state index in [4.69, 9.17) is 9.47 Å². The lowest BCUT2D eigenvalue weighted by Gasteiger charge is -2.20. The van der Waals surface area contributed by atoms with Gasteiger partial charge in [-0.15, -0.1) is 0 Å². The predicted molar refractivity (Wildman–Crippen MR) is 56.7 cm³/mol. The molecule has 1 heterocycles. The largest absolute Gasteiger partial charge is 0.508 e. The minimum atomic E-state index is -0.841. The Kier molecular flexibility index (Phi) is 4.97. The number of hydrogen-bond donors (Lipinski definition) is 1. The van der Waals surface area contributed by atoms with E-state index in [1.165, 1.54) is 7.11 Å². The molecular formula is C10H13NO7. The van der Waals surface area contributed by atoms with Gasteiger partial charge >= 0.3 is 18.2 Å². The molecule has 100 valence electrons. The van der Waals surface area contributed by atoms with Crippen LogP contribution in [0.2, 0.25) is 0 Å². The van der Waals surface area contributed by atoms with Crippen molar-refractivity contribution in [1.82, 2.24) is 5.32 Å². The standard InChI is InChI=1S/C10H13NO7/c1-3-8(12)16-4-6(11-9(13)15-2)7-5-17-10(14)18-7/h3,6-7H,1,4-5H2,2H3,(H,11,13). The number of alkyl carbamates (subject to hydrolysis) is 1. The van der Waals surface area contributed by atoms with Crippen LogP contribution in [0.15, 0.2) is 12.7 Å². The number of ether oxygens (including phenoxy) is 4. The third-order valence-electron chi connectivity index (χ3n) is 2.12. The second kappa shape index (κ2) is 6.48. The number of carbonyl (C=O) groups excluding carboxylic acids is 3. The molecule has 0 aromatic rings. The molecule has 1 amide bonds. The fourth-order valence-electron chi connectivity index (χ4n) is 1.22. The second-order valence-corrected chi connectivity index (χ2v) is 3.29. The summed E-state index contributed by atoms with van der Waals surface area (Å²) >= 11 is 0. The molecule has 1 saturated heterocycles. The SMILES string of the molecule is C=CC(=O)OCC(NC(=O)OC)C1COC(=O)O1. The van der Waals surface area contributed by atoms with Crippen molar-refractivity contribution in [1.29, 1.82) is 0 Å². The van der Waals surface area contributed by atoms with Gasteiger partial charge in [0.1, 0.15) is 19.3 Å². The average Bonchev–Trinajstić information content (AvgIpc) is 2.80. The molecule has 0 aromatic heterocycles. The smallest absolute Gasteiger partial charge is 0.460 e. The highest BCUT2D eigenvalue weighted by Crippen LogP contribution is 2.11. The highest BCUT2D eigenvalue weighted by Gasteiger charge is 2.34. The summed E-state index contributed by atoms with van der Waals surface area (Å²) in [6, 6.07) is -0.757. The molecule has 0 radical (unpaired) electrons. The van der Waals surface area contributed by atoms with Gasteiger partial charge in [0.2, 0.25) is 0 Å². The van der Waals surface area contributed by atoms with Crippen LogP contribution in [0.1, 0.15) is 0 Å². The van der Waals surface area contributed by atoms with Gasteiger partial charge in [-0.25, -0.2) is 14.4 Å². The predicted octanol–water partition coefficient (Wildman–Crippen LogP) is -0.0244. The zero-order valence-corrected chi connectivity index (χ0v) is 9.71. The number of cyclic esters (lactones) is 2. The highest BCUT2D eigenvalue weighted by molar-refractivity contribution is 5.81. The Morgan fingerprint density at radius 2 is 2.39 bits per heavy atom. The van der Waals surface area contributed by atoms with Gasteiger partial charge in [0.15, 0.2) is 6.10 Å². The Balaban J connectivity index is 2.56. The number of hydrogen-bond acceptors (Lipinski definition) is 7. The van der Waals surface area contributed by atoms with Gasteiger partial charge in [-0.05, 0) is 0 Å². The van der Waals surface area contributed by atoms with Crippen LogP contribution < -0.4 is 5.32 Å². The molecule has 18 heavy (non-hydrogen) atoms. The van der Waals surface area contributed by atoms with E-state index in [2.05, 4.69) is 21.4 Å². The zero-order chi connectivity index (χ0) is 13.5. The zero-order valence-electron chi connectivity index (χ0n) is 9.71. The van der Waals surface area contributed by atoms with Gasteiger partial charge in [-0.1, -0.05) is 6.58 Å². The van der Waals surface area contributed by atoms with Crippen molar-refractivity contribution in [2.24, 2.45) is 0 Å². The molecule has 1 fully saturated rings. The summed E-state index contributed by atoms with van der Waals surface area (Å²) in [5.74, 6) is -0.656. The van der Waals surface area contributed by atoms with E-state index in [0.717, 1.165) is 6.08 Å². The van der Waals surface area contributed by atoms with E-state index in [1.807, 2.05) is 0 Å². The van der Waals surface area contributed by atoms with Crippen molar-refractivity contribution in [2.45, 2.75) is 12.1 Å². The molecule has 2 atom stereocenters. The van der Waals surface area contributed by atoms with E-state index in [1.54, 1.807) is 0 Å². The molecular weight excluding hydrogens is 246 g/mol. The van der Waals surface area contributed by atoms with Gasteiger partial charge in [-0.3, -0.25) is 0 Å². The first kappa shape index (κ1) is 13.8. The number of methoxy groups -OCH3 is 1. The summed E-state index contributed by atoms with van der Waals surface area (Å²) < 4.78 is 18.5. The fraction of sp³-hybridized carbons (Fsp3) is 0.500. The first-order valence-corrected chi connectivity index (χ1v) is 5.04. The Bertz CT molecular complexity index is 354. The summed E-state index contributed by atoms with van der Waals surface area (Å²) in [7, 11) is 1.18. The molecule has 1 aliphatic heterocycles. The molecule has 0 saturated carbocycles. The van der Waals surface area contributed by atoms with Crippen LogP contribution >= 0.6 is 0 Å². The molecule has 0 bridgehead atoms. The van der Waals surface area contributed by atoms with E-state index in [0.29, 0.717) is 0 Å². The number of amides is 1. The van der Waals surface area contributed by atoms with Gasteiger partial charge in [0, 0.05) is 6.08 Å². The summed E-state index contributed by atoms with van der Waals surface area (Å²) in [5.41, 5.74) is 0. The Labute approximate surface area is 103 Å². The van der Waals surface area contributed by atoms with Crippen LogP contribution in [-0.4, -0.2) is 50.7 Å². The number of rotatable bonds is 5. The van der Waals surface area contributed by atoms with Crippen LogP contribution in [0.4, 0.5) is 9.59 Å². The first-order valence-electron chi connectivity index (χ1n) is 5.04. The number of nitrogens with one attached hydrogen (secondary N) is 1. The van der Waals surface area contributed by atoms with Gasteiger partial charge in [-0.2, -0.15) is 0 Å². The molecule has 0 spiro atoms. The molecule has 8 nitrogen and oxygen atoms in total. The average molecular weight is 259 g/mol. The minimum absolute atomic E-state index is 0.0425. The van der Waals surface area contributed by atoms with Crippen LogP contribution in [0, 0.1) is 0 Å². The van der Waals surface area contributed by atoms with Gasteiger partial charge in [0.25, 0.3) is 0 Å². The Morgan fingerprint density at radius 3 is 2.89 bits per heavy atom. The van der Waals surface area contributed by atoms with Crippen LogP contribution in [0.25, 0.3) is 0 Å². The van der Waals surface area contributed by atoms with E-state index < -0.39 is 30.4 Å². The lowest BCUT2D eigenvalue weighted by molar-refractivity contribution is -0.139. The van der Waals surface area contributed by atoms with Crippen LogP contribution in [0.5, 0.6) is 0 Å². The third-order valence-corrected chi connectivity index (χ3v) is 2.12. The Hall–Kier alpha value is -2.25. The molecule has 1 aliphatic rings. The van der Waals surface area contributed by atoms with Crippen LogP contribution in [0.3, 0.4) is 0 Å². The molecule has 1 N–H and O–H groups in total. The van der Waals surface area contributed by atoms with Gasteiger partial charge in [0.05, 0.1) is 7.11 Å². The lowest BCUT2D eigenvalue weighted by atomic mass is 10.2. The third kappa shape index (κ3) is 3.96. The molecule has 2 unspecified atom stereocenters. The summed E-state index contributed by atoms with van der Waals surface area (Å²) in [5, 5.41) is 2.38. The molecule has 8 heteroatoms. The monoisotopic (exact) mass is 259 g/mol. The molecule has 0 aliphatic carbocycles. The molecule has 0 aromatic carbocycles. The first-order chi connectivity index (χ1) is 8.56. The molecule has 1 rings (SSSR count). The Morgan fingerprint density at radius 1 is 1.67 bits per heavy atom. The fourth-order valence-corrected chi connectivity index (χ4v) is 1.22. The number of esters is 1. The van der Waals surface area contributed by atoms with Crippen molar-refractivity contribution in [3.8, 4) is 0 Å². The van der Waals surface area contributed by atoms with Crippen molar-refractivity contribution in [3.05, 3.63) is 12.7 Å². The normalized spacial score (nSPS) is 19.2. The van der Waals surface area contributed by atoms with Crippen molar-refractivity contribution in [2.75, 3.05) is 20.3 Å². The number of carbonyl (C=O) groups is 3. The minimum Gasteiger partial charge on any atom is -0.460 e. The topological polar surface area (TPSA) is 100 Å². The van der Waals surface area contributed by atoms with E-state index in [-0.39, 0.29) is 13.2 Å². The maximum Gasteiger partial charge on any atom is 0.508 e. The summed E-state index contributed by atoms with van der Waals surface area (Å²) in [4.78, 5) is 32.8. The van der Waals surface area contributed by atoms with Crippen molar-refractivity contribution in [3.63, 3.8) is 0 Å². The van der Waals surface area contributed by atoms with Crippen molar-refractivity contribution >= 4 is 18.2 Å². The quantitative estimate of drug-likeness (QED) is 0.420. The lowest BCUT2D eigenvalue weighted by Crippen LogP contribution is -2.47. The highest BCUT2D eigenvalue weighted by atomic mass is 16.8. The van der Waals surface area contributed by atoms with Crippen LogP contribution in [-0.2, 0) is 23.7 Å². The second-order valence-electron chi connectivity index (χ2n) is 3.29. The van der Waals surface area contributed by atoms with Gasteiger partial charge < -0.3 is 24.3 Å².